The quantitative estimate of drug-likeness (QED) is 0.552. The van der Waals surface area contributed by atoms with E-state index < -0.39 is 0 Å². The maximum atomic E-state index is 5.79. The molecule has 2 rings (SSSR count). The van der Waals surface area contributed by atoms with Crippen LogP contribution in [0.4, 0.5) is 0 Å². The molecule has 0 spiro atoms. The van der Waals surface area contributed by atoms with Crippen molar-refractivity contribution in [3.63, 3.8) is 0 Å². The summed E-state index contributed by atoms with van der Waals surface area (Å²) in [6.45, 7) is 3.19. The zero-order valence-electron chi connectivity index (χ0n) is 9.74. The molecule has 0 aromatic rings. The fourth-order valence-electron chi connectivity index (χ4n) is 3.13. The number of hydrogen-bond donors (Lipinski definition) is 2. The SMILES string of the molecule is CC1CCOC1C(CC1CCCC1)NN. The van der Waals surface area contributed by atoms with Gasteiger partial charge in [0.25, 0.3) is 0 Å². The van der Waals surface area contributed by atoms with E-state index in [1.54, 1.807) is 0 Å². The first-order valence-corrected chi connectivity index (χ1v) is 6.39. The predicted molar refractivity (Wildman–Crippen MR) is 61.2 cm³/mol. The van der Waals surface area contributed by atoms with Crippen LogP contribution in [0, 0.1) is 11.8 Å². The van der Waals surface area contributed by atoms with Crippen molar-refractivity contribution in [1.29, 1.82) is 0 Å². The van der Waals surface area contributed by atoms with Crippen molar-refractivity contribution in [3.05, 3.63) is 0 Å². The van der Waals surface area contributed by atoms with Gasteiger partial charge >= 0.3 is 0 Å². The first-order valence-electron chi connectivity index (χ1n) is 6.39. The average Bonchev–Trinajstić information content (AvgIpc) is 2.85. The van der Waals surface area contributed by atoms with E-state index in [0.29, 0.717) is 18.1 Å². The van der Waals surface area contributed by atoms with Crippen LogP contribution in [-0.2, 0) is 4.74 Å². The Morgan fingerprint density at radius 3 is 2.60 bits per heavy atom. The van der Waals surface area contributed by atoms with Crippen LogP contribution in [-0.4, -0.2) is 18.8 Å². The second kappa shape index (κ2) is 5.28. The molecule has 88 valence electrons. The van der Waals surface area contributed by atoms with E-state index >= 15 is 0 Å². The number of rotatable bonds is 4. The molecule has 1 saturated carbocycles. The zero-order valence-corrected chi connectivity index (χ0v) is 9.74. The molecule has 3 atom stereocenters. The fourth-order valence-corrected chi connectivity index (χ4v) is 3.13. The molecular weight excluding hydrogens is 188 g/mol. The highest BCUT2D eigenvalue weighted by molar-refractivity contribution is 4.86. The van der Waals surface area contributed by atoms with Crippen LogP contribution >= 0.6 is 0 Å². The highest BCUT2D eigenvalue weighted by Gasteiger charge is 2.33. The van der Waals surface area contributed by atoms with E-state index in [9.17, 15) is 0 Å². The van der Waals surface area contributed by atoms with Gasteiger partial charge in [-0.1, -0.05) is 32.6 Å². The minimum Gasteiger partial charge on any atom is -0.376 e. The van der Waals surface area contributed by atoms with E-state index in [4.69, 9.17) is 10.6 Å². The van der Waals surface area contributed by atoms with Crippen molar-refractivity contribution in [2.45, 2.75) is 57.6 Å². The second-order valence-corrected chi connectivity index (χ2v) is 5.26. The Morgan fingerprint density at radius 1 is 1.33 bits per heavy atom. The summed E-state index contributed by atoms with van der Waals surface area (Å²) in [6, 6.07) is 0.366. The molecule has 2 fully saturated rings. The Labute approximate surface area is 92.7 Å². The zero-order chi connectivity index (χ0) is 10.7. The molecule has 2 aliphatic rings. The molecular formula is C12H24N2O. The number of hydrogen-bond acceptors (Lipinski definition) is 3. The van der Waals surface area contributed by atoms with Gasteiger partial charge in [0.2, 0.25) is 0 Å². The Hall–Kier alpha value is -0.120. The van der Waals surface area contributed by atoms with Crippen molar-refractivity contribution in [1.82, 2.24) is 5.43 Å². The molecule has 1 saturated heterocycles. The van der Waals surface area contributed by atoms with Crippen molar-refractivity contribution >= 4 is 0 Å². The van der Waals surface area contributed by atoms with Gasteiger partial charge in [0, 0.05) is 12.6 Å². The number of nitrogens with two attached hydrogens (primary N) is 1. The van der Waals surface area contributed by atoms with Gasteiger partial charge in [-0.3, -0.25) is 11.3 Å². The molecule has 0 amide bonds. The number of hydrazine groups is 1. The van der Waals surface area contributed by atoms with Crippen LogP contribution in [0.15, 0.2) is 0 Å². The fraction of sp³-hybridized carbons (Fsp3) is 1.00. The topological polar surface area (TPSA) is 47.3 Å². The van der Waals surface area contributed by atoms with Gasteiger partial charge in [-0.15, -0.1) is 0 Å². The van der Waals surface area contributed by atoms with Crippen molar-refractivity contribution in [2.24, 2.45) is 17.7 Å². The molecule has 3 heteroatoms. The van der Waals surface area contributed by atoms with Crippen molar-refractivity contribution in [2.75, 3.05) is 6.61 Å². The molecule has 1 heterocycles. The summed E-state index contributed by atoms with van der Waals surface area (Å²) in [7, 11) is 0. The van der Waals surface area contributed by atoms with E-state index in [1.807, 2.05) is 0 Å². The summed E-state index contributed by atoms with van der Waals surface area (Å²) in [5, 5.41) is 0. The molecule has 0 aromatic carbocycles. The number of nitrogens with one attached hydrogen (secondary N) is 1. The molecule has 0 radical (unpaired) electrons. The van der Waals surface area contributed by atoms with Crippen LogP contribution in [0.1, 0.15) is 45.4 Å². The first kappa shape index (κ1) is 11.4. The molecule has 15 heavy (non-hydrogen) atoms. The maximum Gasteiger partial charge on any atom is 0.0767 e. The van der Waals surface area contributed by atoms with Crippen LogP contribution in [0.2, 0.25) is 0 Å². The number of ether oxygens (including phenoxy) is 1. The summed E-state index contributed by atoms with van der Waals surface area (Å²) in [5.74, 6) is 7.20. The maximum absolute atomic E-state index is 5.79. The monoisotopic (exact) mass is 212 g/mol. The lowest BCUT2D eigenvalue weighted by atomic mass is 9.90. The van der Waals surface area contributed by atoms with Gasteiger partial charge in [0.1, 0.15) is 0 Å². The van der Waals surface area contributed by atoms with Gasteiger partial charge < -0.3 is 4.74 Å². The molecule has 3 nitrogen and oxygen atoms in total. The van der Waals surface area contributed by atoms with E-state index in [1.165, 1.54) is 38.5 Å². The molecule has 1 aliphatic carbocycles. The summed E-state index contributed by atoms with van der Waals surface area (Å²) in [4.78, 5) is 0. The minimum absolute atomic E-state index is 0.343. The van der Waals surface area contributed by atoms with Crippen LogP contribution < -0.4 is 11.3 Å². The van der Waals surface area contributed by atoms with Gasteiger partial charge in [0.15, 0.2) is 0 Å². The summed E-state index contributed by atoms with van der Waals surface area (Å²) < 4.78 is 5.79. The molecule has 3 unspecified atom stereocenters. The van der Waals surface area contributed by atoms with Crippen LogP contribution in [0.25, 0.3) is 0 Å². The van der Waals surface area contributed by atoms with Gasteiger partial charge in [-0.2, -0.15) is 0 Å². The molecule has 1 aliphatic heterocycles. The third kappa shape index (κ3) is 2.71. The Bertz CT molecular complexity index is 192. The minimum atomic E-state index is 0.343. The largest absolute Gasteiger partial charge is 0.376 e. The van der Waals surface area contributed by atoms with Gasteiger partial charge in [-0.25, -0.2) is 0 Å². The van der Waals surface area contributed by atoms with Crippen LogP contribution in [0.5, 0.6) is 0 Å². The average molecular weight is 212 g/mol. The Balaban J connectivity index is 1.85. The molecule has 0 bridgehead atoms. The normalized spacial score (nSPS) is 34.8. The first-order chi connectivity index (χ1) is 7.31. The van der Waals surface area contributed by atoms with Crippen molar-refractivity contribution in [3.8, 4) is 0 Å². The van der Waals surface area contributed by atoms with E-state index in [-0.39, 0.29) is 0 Å². The molecule has 0 aromatic heterocycles. The van der Waals surface area contributed by atoms with Gasteiger partial charge in [0.05, 0.1) is 6.10 Å². The highest BCUT2D eigenvalue weighted by atomic mass is 16.5. The van der Waals surface area contributed by atoms with Gasteiger partial charge in [-0.05, 0) is 24.7 Å². The Kier molecular flexibility index (Phi) is 4.00. The predicted octanol–water partition coefficient (Wildman–Crippen LogP) is 1.82. The third-order valence-corrected chi connectivity index (χ3v) is 4.12. The standard InChI is InChI=1S/C12H24N2O/c1-9-6-7-15-12(9)11(14-13)8-10-4-2-3-5-10/h9-12,14H,2-8,13H2,1H3. The van der Waals surface area contributed by atoms with E-state index in [2.05, 4.69) is 12.3 Å². The third-order valence-electron chi connectivity index (χ3n) is 4.12. The van der Waals surface area contributed by atoms with Crippen molar-refractivity contribution < 1.29 is 4.74 Å². The smallest absolute Gasteiger partial charge is 0.0767 e. The van der Waals surface area contributed by atoms with E-state index in [0.717, 1.165) is 12.5 Å². The lowest BCUT2D eigenvalue weighted by Gasteiger charge is -2.27. The van der Waals surface area contributed by atoms with Crippen LogP contribution in [0.3, 0.4) is 0 Å². The lowest BCUT2D eigenvalue weighted by molar-refractivity contribution is 0.0529. The lowest BCUT2D eigenvalue weighted by Crippen LogP contribution is -2.46. The highest BCUT2D eigenvalue weighted by Crippen LogP contribution is 2.32. The summed E-state index contributed by atoms with van der Waals surface area (Å²) in [6.07, 6.45) is 8.32. The summed E-state index contributed by atoms with van der Waals surface area (Å²) >= 11 is 0. The summed E-state index contributed by atoms with van der Waals surface area (Å²) in [5.41, 5.74) is 2.98. The molecule has 3 N–H and O–H groups in total. The second-order valence-electron chi connectivity index (χ2n) is 5.26. The Morgan fingerprint density at radius 2 is 2.07 bits per heavy atom.